The van der Waals surface area contributed by atoms with E-state index in [9.17, 15) is 9.59 Å². The predicted molar refractivity (Wildman–Crippen MR) is 99.1 cm³/mol. The first-order chi connectivity index (χ1) is 12.6. The number of hydrogen-bond donors (Lipinski definition) is 1. The largest absolute Gasteiger partial charge is 0.431 e. The summed E-state index contributed by atoms with van der Waals surface area (Å²) in [6.45, 7) is 4.75. The van der Waals surface area contributed by atoms with Crippen LogP contribution >= 0.6 is 11.3 Å². The van der Waals surface area contributed by atoms with Crippen LogP contribution in [0.1, 0.15) is 40.6 Å². The molecule has 3 aliphatic rings. The Morgan fingerprint density at radius 2 is 1.96 bits per heavy atom. The Hall–Kier alpha value is -2.25. The molecular formula is C19H21N3O3S. The Morgan fingerprint density at radius 3 is 2.54 bits per heavy atom. The molecule has 3 saturated heterocycles. The minimum Gasteiger partial charge on any atom is -0.431 e. The fourth-order valence-corrected chi connectivity index (χ4v) is 4.35. The molecule has 6 nitrogen and oxygen atoms in total. The molecule has 7 heteroatoms. The Labute approximate surface area is 156 Å². The molecule has 1 atom stereocenters. The molecule has 26 heavy (non-hydrogen) atoms. The van der Waals surface area contributed by atoms with Crippen LogP contribution in [0, 0.1) is 5.92 Å². The number of Topliss-reactive ketones (excluding diaryl/α,β-unsaturated/α-hetero) is 1. The summed E-state index contributed by atoms with van der Waals surface area (Å²) in [5, 5.41) is 5.27. The van der Waals surface area contributed by atoms with E-state index in [1.54, 1.807) is 29.6 Å². The maximum absolute atomic E-state index is 12.5. The lowest BCUT2D eigenvalue weighted by Crippen LogP contribution is -2.57. The number of rotatable bonds is 5. The SMILES string of the molecule is CC(=O)c1csc(Oc2ccc(C(=O)N[C@H]3CN4CCC3CC4)cc2)n1. The number of hydrogen-bond acceptors (Lipinski definition) is 6. The van der Waals surface area contributed by atoms with Crippen molar-refractivity contribution < 1.29 is 14.3 Å². The van der Waals surface area contributed by atoms with Gasteiger partial charge in [0, 0.05) is 30.5 Å². The highest BCUT2D eigenvalue weighted by Crippen LogP contribution is 2.28. The fourth-order valence-electron chi connectivity index (χ4n) is 3.62. The molecule has 0 saturated carbocycles. The summed E-state index contributed by atoms with van der Waals surface area (Å²) in [5.74, 6) is 1.07. The lowest BCUT2D eigenvalue weighted by atomic mass is 9.84. The van der Waals surface area contributed by atoms with E-state index in [4.69, 9.17) is 4.74 Å². The summed E-state index contributed by atoms with van der Waals surface area (Å²) in [6.07, 6.45) is 2.35. The third kappa shape index (κ3) is 3.64. The smallest absolute Gasteiger partial charge is 0.279 e. The molecule has 3 aliphatic heterocycles. The molecule has 0 spiro atoms. The van der Waals surface area contributed by atoms with Gasteiger partial charge in [-0.2, -0.15) is 4.98 Å². The van der Waals surface area contributed by atoms with Crippen LogP contribution in [-0.2, 0) is 0 Å². The molecule has 0 radical (unpaired) electrons. The van der Waals surface area contributed by atoms with Crippen LogP contribution in [0.25, 0.3) is 0 Å². The summed E-state index contributed by atoms with van der Waals surface area (Å²) in [7, 11) is 0. The van der Waals surface area contributed by atoms with Gasteiger partial charge in [-0.3, -0.25) is 9.59 Å². The van der Waals surface area contributed by atoms with Gasteiger partial charge in [-0.05, 0) is 56.1 Å². The number of fused-ring (bicyclic) bond motifs is 3. The second-order valence-corrected chi connectivity index (χ2v) is 7.72. The maximum Gasteiger partial charge on any atom is 0.279 e. The molecule has 2 aromatic rings. The second-order valence-electron chi connectivity index (χ2n) is 6.90. The molecule has 3 fully saturated rings. The zero-order valence-electron chi connectivity index (χ0n) is 14.6. The minimum atomic E-state index is -0.0872. The first kappa shape index (κ1) is 17.2. The molecule has 0 aliphatic carbocycles. The monoisotopic (exact) mass is 371 g/mol. The molecule has 136 valence electrons. The van der Waals surface area contributed by atoms with Gasteiger partial charge in [0.05, 0.1) is 0 Å². The van der Waals surface area contributed by atoms with Crippen LogP contribution in [0.5, 0.6) is 10.9 Å². The summed E-state index contributed by atoms with van der Waals surface area (Å²) in [4.78, 5) is 30.3. The number of amides is 1. The highest BCUT2D eigenvalue weighted by Gasteiger charge is 2.34. The van der Waals surface area contributed by atoms with E-state index in [0.717, 1.165) is 19.6 Å². The van der Waals surface area contributed by atoms with E-state index in [-0.39, 0.29) is 17.7 Å². The van der Waals surface area contributed by atoms with Gasteiger partial charge < -0.3 is 15.0 Å². The van der Waals surface area contributed by atoms with Crippen LogP contribution in [0.2, 0.25) is 0 Å². The molecule has 5 rings (SSSR count). The summed E-state index contributed by atoms with van der Waals surface area (Å²) >= 11 is 1.28. The van der Waals surface area contributed by atoms with Gasteiger partial charge in [-0.25, -0.2) is 0 Å². The van der Waals surface area contributed by atoms with E-state index in [1.165, 1.54) is 31.1 Å². The number of carbonyl (C=O) groups excluding carboxylic acids is 2. The molecule has 1 aromatic carbocycles. The average Bonchev–Trinajstić information content (AvgIpc) is 3.12. The van der Waals surface area contributed by atoms with E-state index in [2.05, 4.69) is 15.2 Å². The minimum absolute atomic E-state index is 0.0385. The zero-order chi connectivity index (χ0) is 18.1. The van der Waals surface area contributed by atoms with Crippen molar-refractivity contribution in [2.75, 3.05) is 19.6 Å². The van der Waals surface area contributed by atoms with E-state index in [1.807, 2.05) is 0 Å². The number of aromatic nitrogens is 1. The van der Waals surface area contributed by atoms with E-state index < -0.39 is 0 Å². The van der Waals surface area contributed by atoms with Crippen molar-refractivity contribution in [1.29, 1.82) is 0 Å². The van der Waals surface area contributed by atoms with Crippen molar-refractivity contribution >= 4 is 23.0 Å². The van der Waals surface area contributed by atoms with Crippen molar-refractivity contribution in [3.05, 3.63) is 40.9 Å². The van der Waals surface area contributed by atoms with Gasteiger partial charge in [0.1, 0.15) is 11.4 Å². The van der Waals surface area contributed by atoms with Crippen molar-refractivity contribution in [2.45, 2.75) is 25.8 Å². The number of carbonyl (C=O) groups is 2. The summed E-state index contributed by atoms with van der Waals surface area (Å²) in [5.41, 5.74) is 1.02. The Morgan fingerprint density at radius 1 is 1.23 bits per heavy atom. The number of thiazole rings is 1. The van der Waals surface area contributed by atoms with Gasteiger partial charge in [0.25, 0.3) is 11.1 Å². The van der Waals surface area contributed by atoms with Crippen molar-refractivity contribution in [3.63, 3.8) is 0 Å². The summed E-state index contributed by atoms with van der Waals surface area (Å²) in [6, 6.07) is 7.26. The maximum atomic E-state index is 12.5. The van der Waals surface area contributed by atoms with E-state index in [0.29, 0.717) is 28.1 Å². The number of nitrogens with one attached hydrogen (secondary N) is 1. The van der Waals surface area contributed by atoms with Gasteiger partial charge in [0.15, 0.2) is 5.78 Å². The standard InChI is InChI=1S/C19H21N3O3S/c1-12(23)17-11-26-19(21-17)25-15-4-2-14(3-5-15)18(24)20-16-10-22-8-6-13(16)7-9-22/h2-5,11,13,16H,6-10H2,1H3,(H,20,24)/t16-/m0/s1. The Kier molecular flexibility index (Phi) is 4.74. The third-order valence-corrected chi connectivity index (χ3v) is 5.86. The second kappa shape index (κ2) is 7.17. The summed E-state index contributed by atoms with van der Waals surface area (Å²) < 4.78 is 5.65. The number of piperidine rings is 3. The molecular weight excluding hydrogens is 350 g/mol. The van der Waals surface area contributed by atoms with Gasteiger partial charge >= 0.3 is 0 Å². The number of nitrogens with zero attached hydrogens (tertiary/aromatic N) is 2. The van der Waals surface area contributed by atoms with Crippen LogP contribution in [-0.4, -0.2) is 47.3 Å². The van der Waals surface area contributed by atoms with Crippen molar-refractivity contribution in [1.82, 2.24) is 15.2 Å². The molecule has 0 unspecified atom stereocenters. The lowest BCUT2D eigenvalue weighted by Gasteiger charge is -2.44. The quantitative estimate of drug-likeness (QED) is 0.818. The molecule has 1 aromatic heterocycles. The molecule has 1 amide bonds. The van der Waals surface area contributed by atoms with Crippen LogP contribution < -0.4 is 10.1 Å². The van der Waals surface area contributed by atoms with Gasteiger partial charge in [0.2, 0.25) is 0 Å². The lowest BCUT2D eigenvalue weighted by molar-refractivity contribution is 0.0620. The Bertz CT molecular complexity index is 810. The third-order valence-electron chi connectivity index (χ3n) is 5.14. The first-order valence-electron chi connectivity index (χ1n) is 8.86. The van der Waals surface area contributed by atoms with E-state index >= 15 is 0 Å². The van der Waals surface area contributed by atoms with Crippen molar-refractivity contribution in [2.24, 2.45) is 5.92 Å². The normalized spacial score (nSPS) is 24.3. The average molecular weight is 371 g/mol. The number of ether oxygens (including phenoxy) is 1. The van der Waals surface area contributed by atoms with Crippen LogP contribution in [0.15, 0.2) is 29.6 Å². The van der Waals surface area contributed by atoms with Gasteiger partial charge in [-0.15, -0.1) is 0 Å². The van der Waals surface area contributed by atoms with Crippen LogP contribution in [0.3, 0.4) is 0 Å². The number of ketones is 1. The topological polar surface area (TPSA) is 71.5 Å². The first-order valence-corrected chi connectivity index (χ1v) is 9.74. The van der Waals surface area contributed by atoms with Gasteiger partial charge in [-0.1, -0.05) is 11.3 Å². The predicted octanol–water partition coefficient (Wildman–Crippen LogP) is 2.96. The molecule has 1 N–H and O–H groups in total. The highest BCUT2D eigenvalue weighted by molar-refractivity contribution is 7.11. The van der Waals surface area contributed by atoms with Crippen LogP contribution in [0.4, 0.5) is 0 Å². The Balaban J connectivity index is 1.37. The van der Waals surface area contributed by atoms with Crippen molar-refractivity contribution in [3.8, 4) is 10.9 Å². The molecule has 4 heterocycles. The number of benzene rings is 1. The molecule has 2 bridgehead atoms. The zero-order valence-corrected chi connectivity index (χ0v) is 15.4. The highest BCUT2D eigenvalue weighted by atomic mass is 32.1. The fraction of sp³-hybridized carbons (Fsp3) is 0.421.